The van der Waals surface area contributed by atoms with Crippen LogP contribution in [0.3, 0.4) is 0 Å². The molecule has 1 aromatic rings. The van der Waals surface area contributed by atoms with Crippen LogP contribution in [-0.4, -0.2) is 53.4 Å². The second kappa shape index (κ2) is 8.99. The number of hydrogen-bond donors (Lipinski definition) is 2. The van der Waals surface area contributed by atoms with Crippen molar-refractivity contribution in [1.82, 2.24) is 10.2 Å². The van der Waals surface area contributed by atoms with E-state index in [2.05, 4.69) is 17.4 Å². The topological polar surface area (TPSA) is 61.8 Å². The monoisotopic (exact) mass is 350 g/mol. The largest absolute Gasteiger partial charge is 0.465 e. The Balaban J connectivity index is 1.89. The molecule has 1 aliphatic heterocycles. The van der Waals surface area contributed by atoms with E-state index in [-0.39, 0.29) is 18.1 Å². The Bertz CT molecular complexity index is 552. The van der Waals surface area contributed by atoms with Crippen LogP contribution in [0, 0.1) is 5.92 Å². The molecule has 1 aliphatic rings. The molecule has 0 aliphatic carbocycles. The lowest BCUT2D eigenvalue weighted by atomic mass is 9.95. The molecule has 5 nitrogen and oxygen atoms in total. The molecule has 0 spiro atoms. The van der Waals surface area contributed by atoms with Gasteiger partial charge in [-0.3, -0.25) is 0 Å². The van der Waals surface area contributed by atoms with E-state index in [1.165, 1.54) is 10.5 Å². The van der Waals surface area contributed by atoms with Gasteiger partial charge >= 0.3 is 6.09 Å². The summed E-state index contributed by atoms with van der Waals surface area (Å²) in [6.45, 7) is 3.34. The maximum atomic E-state index is 11.4. The molecule has 1 heterocycles. The van der Waals surface area contributed by atoms with E-state index in [9.17, 15) is 9.90 Å². The summed E-state index contributed by atoms with van der Waals surface area (Å²) in [5.74, 6) is -0.0364. The first kappa shape index (κ1) is 18.7. The third kappa shape index (κ3) is 4.68. The molecular weight excluding hydrogens is 324 g/mol. The summed E-state index contributed by atoms with van der Waals surface area (Å²) in [4.78, 5) is 13.6. The first-order valence-corrected chi connectivity index (χ1v) is 8.79. The number of rotatable bonds is 7. The Labute approximate surface area is 149 Å². The van der Waals surface area contributed by atoms with Crippen LogP contribution in [-0.2, 0) is 11.2 Å². The van der Waals surface area contributed by atoms with Crippen LogP contribution in [0.1, 0.15) is 25.3 Å². The lowest BCUT2D eigenvalue weighted by Crippen LogP contribution is -2.49. The zero-order valence-corrected chi connectivity index (χ0v) is 15.1. The van der Waals surface area contributed by atoms with E-state index in [4.69, 9.17) is 17.0 Å². The minimum Gasteiger partial charge on any atom is -0.465 e. The molecule has 0 bridgehead atoms. The van der Waals surface area contributed by atoms with Crippen LogP contribution in [0.2, 0.25) is 0 Å². The summed E-state index contributed by atoms with van der Waals surface area (Å²) in [6.07, 6.45) is 1.49. The Morgan fingerprint density at radius 1 is 1.46 bits per heavy atom. The molecule has 0 radical (unpaired) electrons. The van der Waals surface area contributed by atoms with Crippen molar-refractivity contribution < 1.29 is 14.6 Å². The van der Waals surface area contributed by atoms with Crippen molar-refractivity contribution in [1.29, 1.82) is 0 Å². The van der Waals surface area contributed by atoms with Crippen molar-refractivity contribution in [3.63, 3.8) is 0 Å². The first-order valence-electron chi connectivity index (χ1n) is 8.38. The zero-order chi connectivity index (χ0) is 17.5. The van der Waals surface area contributed by atoms with Gasteiger partial charge < -0.3 is 20.1 Å². The number of hydrogen-bond acceptors (Lipinski definition) is 3. The number of ether oxygens (including phenoxy) is 1. The van der Waals surface area contributed by atoms with Crippen LogP contribution >= 0.6 is 12.2 Å². The Hall–Kier alpha value is -1.66. The molecule has 2 N–H and O–H groups in total. The molecule has 0 saturated carbocycles. The highest BCUT2D eigenvalue weighted by Crippen LogP contribution is 2.26. The molecule has 24 heavy (non-hydrogen) atoms. The highest BCUT2D eigenvalue weighted by atomic mass is 32.1. The number of benzene rings is 1. The van der Waals surface area contributed by atoms with Crippen molar-refractivity contribution >= 4 is 23.3 Å². The third-order valence-electron chi connectivity index (χ3n) is 4.66. The fourth-order valence-electron chi connectivity index (χ4n) is 3.35. The molecule has 2 rings (SSSR count). The first-order chi connectivity index (χ1) is 11.5. The quantitative estimate of drug-likeness (QED) is 0.741. The molecule has 132 valence electrons. The maximum Gasteiger partial charge on any atom is 0.407 e. The average Bonchev–Trinajstić information content (AvgIpc) is 3.06. The lowest BCUT2D eigenvalue weighted by Gasteiger charge is -2.33. The minimum absolute atomic E-state index is 0.0364. The van der Waals surface area contributed by atoms with Crippen LogP contribution in [0.25, 0.3) is 0 Å². The molecule has 3 atom stereocenters. The van der Waals surface area contributed by atoms with Gasteiger partial charge in [0, 0.05) is 26.1 Å². The predicted molar refractivity (Wildman–Crippen MR) is 98.5 cm³/mol. The number of nitrogens with one attached hydrogen (secondary N) is 1. The van der Waals surface area contributed by atoms with Gasteiger partial charge in [-0.1, -0.05) is 49.5 Å². The number of carboxylic acid groups (broad SMARTS) is 1. The Morgan fingerprint density at radius 2 is 2.17 bits per heavy atom. The number of thiocarbonyl (C=S) groups is 1. The van der Waals surface area contributed by atoms with Crippen molar-refractivity contribution in [3.05, 3.63) is 35.9 Å². The van der Waals surface area contributed by atoms with E-state index in [0.717, 1.165) is 30.8 Å². The van der Waals surface area contributed by atoms with E-state index in [1.807, 2.05) is 25.1 Å². The zero-order valence-electron chi connectivity index (χ0n) is 14.3. The number of nitrogens with zero attached hydrogens (tertiary/aromatic N) is 1. The van der Waals surface area contributed by atoms with Gasteiger partial charge in [0.25, 0.3) is 0 Å². The highest BCUT2D eigenvalue weighted by molar-refractivity contribution is 7.80. The van der Waals surface area contributed by atoms with E-state index in [1.54, 1.807) is 7.11 Å². The fourth-order valence-corrected chi connectivity index (χ4v) is 3.59. The van der Waals surface area contributed by atoms with Gasteiger partial charge in [-0.05, 0) is 24.8 Å². The van der Waals surface area contributed by atoms with Crippen LogP contribution in [0.4, 0.5) is 4.79 Å². The van der Waals surface area contributed by atoms with E-state index < -0.39 is 6.09 Å². The standard InChI is InChI=1S/C18H26N2O3S/c1-13(16(23-2)15-9-6-12-20(15)18(21)22)17(24)19-11-10-14-7-4-3-5-8-14/h3-5,7-8,13,15-16H,6,9-12H2,1-2H3,(H,19,24)(H,21,22)/t13-,15+,16-/m1/s1. The number of likely N-dealkylation sites (tertiary alicyclic amines) is 1. The van der Waals surface area contributed by atoms with Gasteiger partial charge in [0.2, 0.25) is 0 Å². The summed E-state index contributed by atoms with van der Waals surface area (Å²) in [5, 5.41) is 12.6. The second-order valence-corrected chi connectivity index (χ2v) is 6.64. The van der Waals surface area contributed by atoms with Gasteiger partial charge in [-0.25, -0.2) is 4.79 Å². The third-order valence-corrected chi connectivity index (χ3v) is 5.17. The molecule has 1 aromatic carbocycles. The molecule has 6 heteroatoms. The Morgan fingerprint density at radius 3 is 2.79 bits per heavy atom. The summed E-state index contributed by atoms with van der Waals surface area (Å²) in [5.41, 5.74) is 1.26. The molecular formula is C18H26N2O3S. The highest BCUT2D eigenvalue weighted by Gasteiger charge is 2.38. The van der Waals surface area contributed by atoms with Crippen LogP contribution in [0.5, 0.6) is 0 Å². The van der Waals surface area contributed by atoms with Crippen LogP contribution < -0.4 is 5.32 Å². The van der Waals surface area contributed by atoms with Crippen molar-refractivity contribution in [2.45, 2.75) is 38.3 Å². The van der Waals surface area contributed by atoms with Crippen molar-refractivity contribution in [2.75, 3.05) is 20.2 Å². The molecule has 1 amide bonds. The van der Waals surface area contributed by atoms with Crippen molar-refractivity contribution in [3.8, 4) is 0 Å². The number of amides is 1. The van der Waals surface area contributed by atoms with E-state index >= 15 is 0 Å². The van der Waals surface area contributed by atoms with Crippen molar-refractivity contribution in [2.24, 2.45) is 5.92 Å². The minimum atomic E-state index is -0.880. The van der Waals surface area contributed by atoms with Gasteiger partial charge in [0.15, 0.2) is 0 Å². The van der Waals surface area contributed by atoms with Gasteiger partial charge in [-0.15, -0.1) is 0 Å². The molecule has 1 saturated heterocycles. The average molecular weight is 350 g/mol. The van der Waals surface area contributed by atoms with Gasteiger partial charge in [-0.2, -0.15) is 0 Å². The summed E-state index contributed by atoms with van der Waals surface area (Å²) in [7, 11) is 1.63. The Kier molecular flexibility index (Phi) is 6.99. The fraction of sp³-hybridized carbons (Fsp3) is 0.556. The summed E-state index contributed by atoms with van der Waals surface area (Å²) >= 11 is 5.52. The van der Waals surface area contributed by atoms with Gasteiger partial charge in [0.05, 0.1) is 17.1 Å². The molecule has 0 unspecified atom stereocenters. The summed E-state index contributed by atoms with van der Waals surface area (Å²) in [6, 6.07) is 10.1. The maximum absolute atomic E-state index is 11.4. The predicted octanol–water partition coefficient (Wildman–Crippen LogP) is 2.94. The number of methoxy groups -OCH3 is 1. The lowest BCUT2D eigenvalue weighted by molar-refractivity contribution is 0.0158. The smallest absolute Gasteiger partial charge is 0.407 e. The van der Waals surface area contributed by atoms with Crippen LogP contribution in [0.15, 0.2) is 30.3 Å². The normalized spacial score (nSPS) is 19.8. The number of carbonyl (C=O) groups is 1. The second-order valence-electron chi connectivity index (χ2n) is 6.20. The van der Waals surface area contributed by atoms with Gasteiger partial charge in [0.1, 0.15) is 0 Å². The molecule has 0 aromatic heterocycles. The van der Waals surface area contributed by atoms with E-state index in [0.29, 0.717) is 6.54 Å². The SMILES string of the molecule is CO[C@H]([C@@H](C)C(=S)NCCc1ccccc1)[C@@H]1CCCN1C(=O)O. The molecule has 1 fully saturated rings. The summed E-state index contributed by atoms with van der Waals surface area (Å²) < 4.78 is 5.63.